The molecule has 0 heterocycles. The summed E-state index contributed by atoms with van der Waals surface area (Å²) in [5.74, 6) is -0.182. The van der Waals surface area contributed by atoms with Crippen LogP contribution in [0.1, 0.15) is 30.5 Å². The molecule has 0 fully saturated rings. The van der Waals surface area contributed by atoms with Gasteiger partial charge in [-0.3, -0.25) is 9.59 Å². The van der Waals surface area contributed by atoms with Gasteiger partial charge in [0, 0.05) is 24.0 Å². The van der Waals surface area contributed by atoms with E-state index < -0.39 is 6.04 Å². The van der Waals surface area contributed by atoms with E-state index in [0.717, 1.165) is 16.7 Å². The molecular formula is C28H30Cl2N2O3. The molecule has 0 spiro atoms. The van der Waals surface area contributed by atoms with Crippen LogP contribution in [0.15, 0.2) is 72.8 Å². The van der Waals surface area contributed by atoms with Crippen LogP contribution in [0.3, 0.4) is 0 Å². The fraction of sp³-hybridized carbons (Fsp3) is 0.286. The van der Waals surface area contributed by atoms with Gasteiger partial charge in [0.15, 0.2) is 6.61 Å². The number of carbonyl (C=O) groups excluding carboxylic acids is 2. The lowest BCUT2D eigenvalue weighted by atomic mass is 10.0. The molecule has 0 aliphatic rings. The van der Waals surface area contributed by atoms with Crippen LogP contribution in [-0.4, -0.2) is 35.4 Å². The molecule has 0 bridgehead atoms. The van der Waals surface area contributed by atoms with Crippen molar-refractivity contribution >= 4 is 35.0 Å². The van der Waals surface area contributed by atoms with Crippen LogP contribution in [0.25, 0.3) is 0 Å². The summed E-state index contributed by atoms with van der Waals surface area (Å²) in [6.07, 6.45) is 0.374. The molecule has 35 heavy (non-hydrogen) atoms. The molecule has 3 rings (SSSR count). The normalized spacial score (nSPS) is 11.7. The molecule has 1 unspecified atom stereocenters. The van der Waals surface area contributed by atoms with Gasteiger partial charge in [-0.2, -0.15) is 0 Å². The van der Waals surface area contributed by atoms with Crippen molar-refractivity contribution in [3.05, 3.63) is 99.5 Å². The highest BCUT2D eigenvalue weighted by atomic mass is 35.5. The van der Waals surface area contributed by atoms with E-state index in [1.807, 2.05) is 75.4 Å². The molecule has 0 saturated carbocycles. The van der Waals surface area contributed by atoms with Crippen LogP contribution in [-0.2, 0) is 22.6 Å². The van der Waals surface area contributed by atoms with Crippen molar-refractivity contribution in [2.24, 2.45) is 0 Å². The zero-order valence-electron chi connectivity index (χ0n) is 20.1. The minimum absolute atomic E-state index is 0.0687. The van der Waals surface area contributed by atoms with Gasteiger partial charge in [-0.1, -0.05) is 83.4 Å². The van der Waals surface area contributed by atoms with Crippen molar-refractivity contribution in [3.8, 4) is 5.75 Å². The Morgan fingerprint density at radius 3 is 2.31 bits per heavy atom. The van der Waals surface area contributed by atoms with Gasteiger partial charge in [-0.05, 0) is 50.1 Å². The second-order valence-corrected chi connectivity index (χ2v) is 9.59. The Morgan fingerprint density at radius 1 is 0.943 bits per heavy atom. The highest BCUT2D eigenvalue weighted by Gasteiger charge is 2.31. The van der Waals surface area contributed by atoms with Gasteiger partial charge in [0.25, 0.3) is 5.91 Å². The Kier molecular flexibility index (Phi) is 9.58. The first-order chi connectivity index (χ1) is 16.7. The summed E-state index contributed by atoms with van der Waals surface area (Å²) in [6.45, 7) is 5.79. The average molecular weight is 513 g/mol. The quantitative estimate of drug-likeness (QED) is 0.370. The first kappa shape index (κ1) is 26.6. The number of hydrogen-bond acceptors (Lipinski definition) is 3. The van der Waals surface area contributed by atoms with Gasteiger partial charge in [0.1, 0.15) is 11.8 Å². The van der Waals surface area contributed by atoms with Gasteiger partial charge in [-0.25, -0.2) is 0 Å². The minimum atomic E-state index is -0.725. The Hall–Kier alpha value is -3.02. The van der Waals surface area contributed by atoms with Gasteiger partial charge in [0.2, 0.25) is 5.91 Å². The summed E-state index contributed by atoms with van der Waals surface area (Å²) >= 11 is 12.2. The topological polar surface area (TPSA) is 58.6 Å². The summed E-state index contributed by atoms with van der Waals surface area (Å²) in [5, 5.41) is 3.76. The maximum absolute atomic E-state index is 13.6. The number of carbonyl (C=O) groups is 2. The van der Waals surface area contributed by atoms with Crippen LogP contribution < -0.4 is 10.1 Å². The lowest BCUT2D eigenvalue weighted by Gasteiger charge is -2.32. The lowest BCUT2D eigenvalue weighted by molar-refractivity contribution is -0.143. The number of nitrogens with zero attached hydrogens (tertiary/aromatic N) is 1. The fourth-order valence-corrected chi connectivity index (χ4v) is 4.22. The van der Waals surface area contributed by atoms with Crippen LogP contribution >= 0.6 is 23.2 Å². The van der Waals surface area contributed by atoms with Crippen LogP contribution in [0.5, 0.6) is 5.75 Å². The molecular weight excluding hydrogens is 483 g/mol. The predicted molar refractivity (Wildman–Crippen MR) is 141 cm³/mol. The number of nitrogens with one attached hydrogen (secondary N) is 1. The second-order valence-electron chi connectivity index (χ2n) is 8.74. The molecule has 0 aliphatic carbocycles. The van der Waals surface area contributed by atoms with Crippen molar-refractivity contribution in [1.82, 2.24) is 10.2 Å². The Balaban J connectivity index is 1.92. The maximum atomic E-state index is 13.6. The summed E-state index contributed by atoms with van der Waals surface area (Å²) in [4.78, 5) is 28.5. The molecule has 0 saturated heterocycles. The van der Waals surface area contributed by atoms with Crippen molar-refractivity contribution in [2.45, 2.75) is 45.8 Å². The number of halogens is 2. The first-order valence-corrected chi connectivity index (χ1v) is 12.3. The zero-order chi connectivity index (χ0) is 25.4. The molecule has 3 aromatic rings. The van der Waals surface area contributed by atoms with E-state index in [-0.39, 0.29) is 31.0 Å². The summed E-state index contributed by atoms with van der Waals surface area (Å²) in [6, 6.07) is 21.6. The number of amides is 2. The summed E-state index contributed by atoms with van der Waals surface area (Å²) in [7, 11) is 0. The molecule has 2 amide bonds. The fourth-order valence-electron chi connectivity index (χ4n) is 3.76. The van der Waals surface area contributed by atoms with E-state index in [2.05, 4.69) is 5.32 Å². The van der Waals surface area contributed by atoms with Gasteiger partial charge in [0.05, 0.1) is 5.02 Å². The van der Waals surface area contributed by atoms with Crippen LogP contribution in [0.2, 0.25) is 10.0 Å². The van der Waals surface area contributed by atoms with Crippen LogP contribution in [0.4, 0.5) is 0 Å². The van der Waals surface area contributed by atoms with E-state index in [4.69, 9.17) is 27.9 Å². The largest absolute Gasteiger partial charge is 0.482 e. The average Bonchev–Trinajstić information content (AvgIpc) is 2.81. The van der Waals surface area contributed by atoms with Gasteiger partial charge in [-0.15, -0.1) is 0 Å². The van der Waals surface area contributed by atoms with E-state index in [1.54, 1.807) is 23.1 Å². The standard InChI is InChI=1S/C28H30Cl2N2O3/c1-19(2)31-28(34)25(15-21-9-5-4-6-10-21)32(17-22-11-7-8-20(3)14-22)27(33)18-35-26-13-12-23(29)16-24(26)30/h4-14,16,19,25H,15,17-18H2,1-3H3,(H,31,34). The van der Waals surface area contributed by atoms with E-state index in [0.29, 0.717) is 22.2 Å². The molecule has 3 aromatic carbocycles. The Bertz CT molecular complexity index is 1150. The Morgan fingerprint density at radius 2 is 1.66 bits per heavy atom. The molecule has 1 atom stereocenters. The number of hydrogen-bond donors (Lipinski definition) is 1. The van der Waals surface area contributed by atoms with Crippen molar-refractivity contribution in [3.63, 3.8) is 0 Å². The number of ether oxygens (including phenoxy) is 1. The highest BCUT2D eigenvalue weighted by molar-refractivity contribution is 6.35. The summed E-state index contributed by atoms with van der Waals surface area (Å²) in [5.41, 5.74) is 2.96. The summed E-state index contributed by atoms with van der Waals surface area (Å²) < 4.78 is 5.74. The SMILES string of the molecule is Cc1cccc(CN(C(=O)COc2ccc(Cl)cc2Cl)C(Cc2ccccc2)C(=O)NC(C)C)c1. The second kappa shape index (κ2) is 12.6. The molecule has 5 nitrogen and oxygen atoms in total. The molecule has 0 aliphatic heterocycles. The number of aryl methyl sites for hydroxylation is 1. The highest BCUT2D eigenvalue weighted by Crippen LogP contribution is 2.27. The smallest absolute Gasteiger partial charge is 0.261 e. The predicted octanol–water partition coefficient (Wildman–Crippen LogP) is 5.85. The third-order valence-corrected chi connectivity index (χ3v) is 5.91. The molecule has 0 radical (unpaired) electrons. The third kappa shape index (κ3) is 8.01. The van der Waals surface area contributed by atoms with E-state index >= 15 is 0 Å². The van der Waals surface area contributed by atoms with E-state index in [1.165, 1.54) is 0 Å². The third-order valence-electron chi connectivity index (χ3n) is 5.38. The van der Waals surface area contributed by atoms with Crippen molar-refractivity contribution < 1.29 is 14.3 Å². The lowest BCUT2D eigenvalue weighted by Crippen LogP contribution is -2.52. The Labute approximate surface area is 217 Å². The monoisotopic (exact) mass is 512 g/mol. The molecule has 0 aromatic heterocycles. The van der Waals surface area contributed by atoms with Crippen molar-refractivity contribution in [1.29, 1.82) is 0 Å². The number of benzene rings is 3. The van der Waals surface area contributed by atoms with Gasteiger partial charge >= 0.3 is 0 Å². The van der Waals surface area contributed by atoms with Crippen molar-refractivity contribution in [2.75, 3.05) is 6.61 Å². The maximum Gasteiger partial charge on any atom is 0.261 e. The molecule has 7 heteroatoms. The zero-order valence-corrected chi connectivity index (χ0v) is 21.6. The first-order valence-electron chi connectivity index (χ1n) is 11.5. The number of rotatable bonds is 10. The van der Waals surface area contributed by atoms with Crippen LogP contribution in [0, 0.1) is 6.92 Å². The minimum Gasteiger partial charge on any atom is -0.482 e. The van der Waals surface area contributed by atoms with E-state index in [9.17, 15) is 9.59 Å². The molecule has 184 valence electrons. The molecule has 1 N–H and O–H groups in total. The van der Waals surface area contributed by atoms with Gasteiger partial charge < -0.3 is 15.0 Å².